The summed E-state index contributed by atoms with van der Waals surface area (Å²) >= 11 is 9.37. The monoisotopic (exact) mass is 370 g/mol. The Morgan fingerprint density at radius 3 is 2.43 bits per heavy atom. The van der Waals surface area contributed by atoms with Crippen molar-refractivity contribution in [3.63, 3.8) is 0 Å². The van der Waals surface area contributed by atoms with E-state index in [0.29, 0.717) is 16.6 Å². The predicted octanol–water partition coefficient (Wildman–Crippen LogP) is 3.80. The number of carbonyl (C=O) groups is 1. The van der Waals surface area contributed by atoms with Gasteiger partial charge >= 0.3 is 0 Å². The highest BCUT2D eigenvalue weighted by atomic mass is 79.9. The molecule has 0 atom stereocenters. The zero-order valence-corrected chi connectivity index (χ0v) is 14.4. The summed E-state index contributed by atoms with van der Waals surface area (Å²) in [5.41, 5.74) is 0.714. The van der Waals surface area contributed by atoms with Crippen LogP contribution in [0.15, 0.2) is 22.7 Å². The number of nitrogens with zero attached hydrogens (tertiary/aromatic N) is 2. The number of carbonyl (C=O) groups excluding carboxylic acids is 1. The lowest BCUT2D eigenvalue weighted by Gasteiger charge is -2.36. The summed E-state index contributed by atoms with van der Waals surface area (Å²) < 4.78 is 0.780. The van der Waals surface area contributed by atoms with E-state index in [-0.39, 0.29) is 5.91 Å². The van der Waals surface area contributed by atoms with Crippen LogP contribution in [0.2, 0.25) is 5.02 Å². The van der Waals surface area contributed by atoms with Gasteiger partial charge < -0.3 is 9.80 Å². The van der Waals surface area contributed by atoms with Gasteiger partial charge in [-0.05, 0) is 72.9 Å². The van der Waals surface area contributed by atoms with Gasteiger partial charge in [0.2, 0.25) is 0 Å². The quantitative estimate of drug-likeness (QED) is 0.789. The Labute approximate surface area is 139 Å². The lowest BCUT2D eigenvalue weighted by atomic mass is 10.0. The van der Waals surface area contributed by atoms with E-state index in [4.69, 9.17) is 11.6 Å². The second-order valence-electron chi connectivity index (χ2n) is 5.90. The molecular formula is C16H20BrClN2O. The van der Waals surface area contributed by atoms with Gasteiger partial charge in [-0.1, -0.05) is 11.6 Å². The second-order valence-corrected chi connectivity index (χ2v) is 7.16. The van der Waals surface area contributed by atoms with Gasteiger partial charge in [0, 0.05) is 29.2 Å². The Kier molecular flexibility index (Phi) is 4.87. The summed E-state index contributed by atoms with van der Waals surface area (Å²) in [4.78, 5) is 17.1. The van der Waals surface area contributed by atoms with Gasteiger partial charge in [0.15, 0.2) is 0 Å². The van der Waals surface area contributed by atoms with Crippen LogP contribution < -0.4 is 0 Å². The number of piperidine rings is 1. The second kappa shape index (κ2) is 6.67. The third-order valence-corrected chi connectivity index (χ3v) is 5.79. The third-order valence-electron chi connectivity index (χ3n) is 4.58. The number of rotatable bonds is 2. The summed E-state index contributed by atoms with van der Waals surface area (Å²) in [7, 11) is 0. The van der Waals surface area contributed by atoms with E-state index in [0.717, 1.165) is 30.4 Å². The van der Waals surface area contributed by atoms with E-state index < -0.39 is 0 Å². The van der Waals surface area contributed by atoms with Crippen LogP contribution in [0.3, 0.4) is 0 Å². The molecule has 21 heavy (non-hydrogen) atoms. The smallest absolute Gasteiger partial charge is 0.253 e. The first-order valence-electron chi connectivity index (χ1n) is 7.63. The molecule has 5 heteroatoms. The van der Waals surface area contributed by atoms with Crippen molar-refractivity contribution in [2.75, 3.05) is 26.2 Å². The van der Waals surface area contributed by atoms with Crippen LogP contribution >= 0.6 is 27.5 Å². The minimum Gasteiger partial charge on any atom is -0.339 e. The van der Waals surface area contributed by atoms with Crippen LogP contribution in [-0.4, -0.2) is 47.9 Å². The highest BCUT2D eigenvalue weighted by Crippen LogP contribution is 2.26. The third kappa shape index (κ3) is 3.43. The molecule has 1 aromatic rings. The largest absolute Gasteiger partial charge is 0.339 e. The number of amides is 1. The molecule has 0 unspecified atom stereocenters. The van der Waals surface area contributed by atoms with E-state index in [1.54, 1.807) is 6.07 Å². The Hall–Kier alpha value is -0.580. The van der Waals surface area contributed by atoms with Crippen LogP contribution in [0.5, 0.6) is 0 Å². The topological polar surface area (TPSA) is 23.6 Å². The summed E-state index contributed by atoms with van der Waals surface area (Å²) in [5, 5.41) is 0.638. The fraction of sp³-hybridized carbons (Fsp3) is 0.562. The number of halogens is 2. The minimum absolute atomic E-state index is 0.118. The fourth-order valence-electron chi connectivity index (χ4n) is 3.35. The van der Waals surface area contributed by atoms with Gasteiger partial charge in [-0.25, -0.2) is 0 Å². The summed E-state index contributed by atoms with van der Waals surface area (Å²) in [6.45, 7) is 4.20. The zero-order valence-electron chi connectivity index (χ0n) is 12.0. The van der Waals surface area contributed by atoms with Crippen molar-refractivity contribution >= 4 is 33.4 Å². The van der Waals surface area contributed by atoms with Crippen molar-refractivity contribution in [3.05, 3.63) is 33.3 Å². The predicted molar refractivity (Wildman–Crippen MR) is 88.9 cm³/mol. The van der Waals surface area contributed by atoms with Crippen molar-refractivity contribution in [1.29, 1.82) is 0 Å². The summed E-state index contributed by atoms with van der Waals surface area (Å²) in [6.07, 6.45) is 4.86. The maximum absolute atomic E-state index is 12.5. The molecule has 0 radical (unpaired) electrons. The normalized spacial score (nSPS) is 21.0. The average Bonchev–Trinajstić information content (AvgIpc) is 3.04. The Morgan fingerprint density at radius 1 is 1.14 bits per heavy atom. The van der Waals surface area contributed by atoms with Crippen LogP contribution in [0.25, 0.3) is 0 Å². The molecule has 0 N–H and O–H groups in total. The summed E-state index contributed by atoms with van der Waals surface area (Å²) in [6, 6.07) is 6.07. The zero-order chi connectivity index (χ0) is 14.8. The average molecular weight is 372 g/mol. The molecule has 2 fully saturated rings. The van der Waals surface area contributed by atoms with Crippen molar-refractivity contribution < 1.29 is 4.79 Å². The molecule has 2 saturated heterocycles. The van der Waals surface area contributed by atoms with E-state index >= 15 is 0 Å². The highest BCUT2D eigenvalue weighted by Gasteiger charge is 2.28. The van der Waals surface area contributed by atoms with Crippen LogP contribution in [0.4, 0.5) is 0 Å². The Balaban J connectivity index is 1.60. The molecule has 2 heterocycles. The van der Waals surface area contributed by atoms with E-state index in [1.807, 2.05) is 17.0 Å². The number of benzene rings is 1. The van der Waals surface area contributed by atoms with Crippen molar-refractivity contribution in [2.24, 2.45) is 0 Å². The number of hydrogen-bond donors (Lipinski definition) is 0. The molecule has 0 spiro atoms. The lowest BCUT2D eigenvalue weighted by molar-refractivity contribution is 0.0644. The molecule has 1 aromatic carbocycles. The molecule has 3 nitrogen and oxygen atoms in total. The van der Waals surface area contributed by atoms with E-state index in [1.165, 1.54) is 25.9 Å². The Bertz CT molecular complexity index is 523. The highest BCUT2D eigenvalue weighted by molar-refractivity contribution is 9.10. The van der Waals surface area contributed by atoms with Gasteiger partial charge in [-0.2, -0.15) is 0 Å². The molecule has 2 aliphatic rings. The molecule has 114 valence electrons. The molecule has 0 saturated carbocycles. The van der Waals surface area contributed by atoms with Crippen LogP contribution in [0, 0.1) is 0 Å². The van der Waals surface area contributed by atoms with Crippen molar-refractivity contribution in [3.8, 4) is 0 Å². The molecule has 3 rings (SSSR count). The first-order chi connectivity index (χ1) is 10.1. The SMILES string of the molecule is O=C(c1ccc(Cl)c(Br)c1)N1CCC(N2CCCC2)CC1. The molecule has 0 aliphatic carbocycles. The van der Waals surface area contributed by atoms with Gasteiger partial charge in [-0.15, -0.1) is 0 Å². The maximum atomic E-state index is 12.5. The Morgan fingerprint density at radius 2 is 1.81 bits per heavy atom. The van der Waals surface area contributed by atoms with Gasteiger partial charge in [-0.3, -0.25) is 4.79 Å². The number of hydrogen-bond acceptors (Lipinski definition) is 2. The number of likely N-dealkylation sites (tertiary alicyclic amines) is 2. The standard InChI is InChI=1S/C16H20BrClN2O/c17-14-11-12(3-4-15(14)18)16(21)20-9-5-13(6-10-20)19-7-1-2-8-19/h3-4,11,13H,1-2,5-10H2. The van der Waals surface area contributed by atoms with Gasteiger partial charge in [0.1, 0.15) is 0 Å². The maximum Gasteiger partial charge on any atom is 0.253 e. The van der Waals surface area contributed by atoms with Crippen molar-refractivity contribution in [1.82, 2.24) is 9.80 Å². The summed E-state index contributed by atoms with van der Waals surface area (Å²) in [5.74, 6) is 0.118. The molecular weight excluding hydrogens is 352 g/mol. The fourth-order valence-corrected chi connectivity index (χ4v) is 3.85. The first kappa shape index (κ1) is 15.3. The van der Waals surface area contributed by atoms with Crippen molar-refractivity contribution in [2.45, 2.75) is 31.7 Å². The molecule has 1 amide bonds. The molecule has 0 bridgehead atoms. The van der Waals surface area contributed by atoms with Gasteiger partial charge in [0.05, 0.1) is 5.02 Å². The van der Waals surface area contributed by atoms with E-state index in [9.17, 15) is 4.79 Å². The van der Waals surface area contributed by atoms with Crippen LogP contribution in [0.1, 0.15) is 36.0 Å². The first-order valence-corrected chi connectivity index (χ1v) is 8.80. The van der Waals surface area contributed by atoms with E-state index in [2.05, 4.69) is 20.8 Å². The lowest BCUT2D eigenvalue weighted by Crippen LogP contribution is -2.45. The molecule has 0 aromatic heterocycles. The van der Waals surface area contributed by atoms with Crippen LogP contribution in [-0.2, 0) is 0 Å². The molecule has 2 aliphatic heterocycles. The minimum atomic E-state index is 0.118. The van der Waals surface area contributed by atoms with Gasteiger partial charge in [0.25, 0.3) is 5.91 Å².